The first-order chi connectivity index (χ1) is 9.65. The van der Waals surface area contributed by atoms with Crippen LogP contribution in [-0.2, 0) is 4.79 Å². The molecule has 3 nitrogen and oxygen atoms in total. The average Bonchev–Trinajstić information content (AvgIpc) is 2.58. The van der Waals surface area contributed by atoms with Crippen LogP contribution >= 0.6 is 15.9 Å². The van der Waals surface area contributed by atoms with E-state index in [0.29, 0.717) is 11.3 Å². The van der Waals surface area contributed by atoms with E-state index in [9.17, 15) is 9.18 Å². The smallest absolute Gasteiger partial charge is 0.238 e. The van der Waals surface area contributed by atoms with Crippen LogP contribution in [-0.4, -0.2) is 12.5 Å². The van der Waals surface area contributed by atoms with Gasteiger partial charge in [0.25, 0.3) is 0 Å². The highest BCUT2D eigenvalue weighted by Crippen LogP contribution is 2.33. The number of nitrogens with one attached hydrogen (secondary N) is 2. The highest BCUT2D eigenvalue weighted by Gasteiger charge is 2.24. The summed E-state index contributed by atoms with van der Waals surface area (Å²) in [6.07, 6.45) is 0. The lowest BCUT2D eigenvalue weighted by atomic mass is 9.97. The van der Waals surface area contributed by atoms with Crippen molar-refractivity contribution < 1.29 is 9.18 Å². The lowest BCUT2D eigenvalue weighted by Gasteiger charge is -2.19. The Morgan fingerprint density at radius 3 is 2.75 bits per heavy atom. The van der Waals surface area contributed by atoms with Crippen molar-refractivity contribution in [1.29, 1.82) is 0 Å². The number of halogens is 2. The fourth-order valence-electron chi connectivity index (χ4n) is 2.37. The molecule has 2 N–H and O–H groups in total. The molecule has 0 unspecified atom stereocenters. The molecule has 20 heavy (non-hydrogen) atoms. The van der Waals surface area contributed by atoms with Crippen LogP contribution in [0.25, 0.3) is 0 Å². The summed E-state index contributed by atoms with van der Waals surface area (Å²) in [5.74, 6) is -0.419. The predicted molar refractivity (Wildman–Crippen MR) is 79.0 cm³/mol. The Balaban J connectivity index is 2.15. The van der Waals surface area contributed by atoms with Gasteiger partial charge in [0, 0.05) is 15.7 Å². The van der Waals surface area contributed by atoms with E-state index in [-0.39, 0.29) is 24.3 Å². The first-order valence-electron chi connectivity index (χ1n) is 6.22. The van der Waals surface area contributed by atoms with Crippen molar-refractivity contribution in [2.24, 2.45) is 0 Å². The van der Waals surface area contributed by atoms with Crippen LogP contribution < -0.4 is 10.6 Å². The summed E-state index contributed by atoms with van der Waals surface area (Å²) in [5, 5.41) is 5.92. The van der Waals surface area contributed by atoms with Crippen molar-refractivity contribution in [1.82, 2.24) is 5.32 Å². The summed E-state index contributed by atoms with van der Waals surface area (Å²) >= 11 is 3.42. The van der Waals surface area contributed by atoms with Crippen molar-refractivity contribution in [3.63, 3.8) is 0 Å². The van der Waals surface area contributed by atoms with Gasteiger partial charge in [0.2, 0.25) is 5.91 Å². The van der Waals surface area contributed by atoms with Crippen molar-refractivity contribution in [2.45, 2.75) is 6.04 Å². The molecule has 0 aliphatic carbocycles. The second-order valence-electron chi connectivity index (χ2n) is 4.62. The number of benzene rings is 2. The van der Waals surface area contributed by atoms with E-state index in [2.05, 4.69) is 26.6 Å². The minimum absolute atomic E-state index is 0.132. The van der Waals surface area contributed by atoms with Crippen molar-refractivity contribution in [2.75, 3.05) is 11.9 Å². The number of carbonyl (C=O) groups is 1. The topological polar surface area (TPSA) is 41.1 Å². The van der Waals surface area contributed by atoms with Gasteiger partial charge >= 0.3 is 0 Å². The van der Waals surface area contributed by atoms with Gasteiger partial charge in [-0.1, -0.05) is 34.1 Å². The highest BCUT2D eigenvalue weighted by molar-refractivity contribution is 9.10. The van der Waals surface area contributed by atoms with Gasteiger partial charge < -0.3 is 5.32 Å². The van der Waals surface area contributed by atoms with Gasteiger partial charge in [-0.25, -0.2) is 4.39 Å². The highest BCUT2D eigenvalue weighted by atomic mass is 79.9. The van der Waals surface area contributed by atoms with E-state index < -0.39 is 0 Å². The normalized spacial score (nSPS) is 18.1. The van der Waals surface area contributed by atoms with E-state index in [4.69, 9.17) is 0 Å². The second kappa shape index (κ2) is 5.34. The SMILES string of the molecule is O=C1CN[C@H](c2ccccc2F)c2cc(Br)ccc2N1. The number of hydrogen-bond donors (Lipinski definition) is 2. The average molecular weight is 335 g/mol. The molecule has 1 atom stereocenters. The van der Waals surface area contributed by atoms with Gasteiger partial charge in [0.15, 0.2) is 0 Å². The quantitative estimate of drug-likeness (QED) is 0.840. The fraction of sp³-hybridized carbons (Fsp3) is 0.133. The van der Waals surface area contributed by atoms with Gasteiger partial charge in [-0.05, 0) is 29.8 Å². The fourth-order valence-corrected chi connectivity index (χ4v) is 2.75. The number of anilines is 1. The minimum Gasteiger partial charge on any atom is -0.325 e. The van der Waals surface area contributed by atoms with Crippen LogP contribution in [0.2, 0.25) is 0 Å². The molecule has 0 bridgehead atoms. The van der Waals surface area contributed by atoms with Gasteiger partial charge in [0.1, 0.15) is 5.82 Å². The number of hydrogen-bond acceptors (Lipinski definition) is 2. The molecule has 0 spiro atoms. The Bertz CT molecular complexity index is 675. The third-order valence-corrected chi connectivity index (χ3v) is 3.77. The van der Waals surface area contributed by atoms with Crippen LogP contribution in [0, 0.1) is 5.82 Å². The van der Waals surface area contributed by atoms with E-state index in [1.165, 1.54) is 6.07 Å². The first kappa shape index (κ1) is 13.3. The van der Waals surface area contributed by atoms with Crippen LogP contribution in [0.1, 0.15) is 17.2 Å². The molecule has 0 aromatic heterocycles. The van der Waals surface area contributed by atoms with Crippen LogP contribution in [0.4, 0.5) is 10.1 Å². The van der Waals surface area contributed by atoms with Gasteiger partial charge in [-0.2, -0.15) is 0 Å². The van der Waals surface area contributed by atoms with Gasteiger partial charge in [-0.15, -0.1) is 0 Å². The third-order valence-electron chi connectivity index (χ3n) is 3.28. The Morgan fingerprint density at radius 1 is 1.15 bits per heavy atom. The van der Waals surface area contributed by atoms with Crippen LogP contribution in [0.15, 0.2) is 46.9 Å². The molecule has 0 fully saturated rings. The molecule has 0 saturated heterocycles. The second-order valence-corrected chi connectivity index (χ2v) is 5.53. The standard InChI is InChI=1S/C15H12BrFN2O/c16-9-5-6-13-11(7-9)15(18-8-14(20)19-13)10-3-1-2-4-12(10)17/h1-7,15,18H,8H2,(H,19,20)/t15-/m1/s1. The van der Waals surface area contributed by atoms with E-state index in [1.54, 1.807) is 18.2 Å². The summed E-state index contributed by atoms with van der Waals surface area (Å²) in [6, 6.07) is 11.8. The monoisotopic (exact) mass is 334 g/mol. The van der Waals surface area contributed by atoms with Crippen molar-refractivity contribution in [3.8, 4) is 0 Å². The molecule has 5 heteroatoms. The zero-order valence-corrected chi connectivity index (χ0v) is 12.1. The summed E-state index contributed by atoms with van der Waals surface area (Å²) < 4.78 is 14.9. The van der Waals surface area contributed by atoms with E-state index in [0.717, 1.165) is 10.0 Å². The molecule has 2 aromatic rings. The number of amides is 1. The summed E-state index contributed by atoms with van der Waals surface area (Å²) in [7, 11) is 0. The number of fused-ring (bicyclic) bond motifs is 1. The Labute approximate surface area is 124 Å². The molecule has 3 rings (SSSR count). The molecule has 1 heterocycles. The van der Waals surface area contributed by atoms with Crippen LogP contribution in [0.5, 0.6) is 0 Å². The lowest BCUT2D eigenvalue weighted by Crippen LogP contribution is -2.28. The number of carbonyl (C=O) groups excluding carboxylic acids is 1. The van der Waals surface area contributed by atoms with E-state index >= 15 is 0 Å². The van der Waals surface area contributed by atoms with Crippen molar-refractivity contribution in [3.05, 3.63) is 63.9 Å². The maximum absolute atomic E-state index is 14.0. The molecular weight excluding hydrogens is 323 g/mol. The molecule has 2 aromatic carbocycles. The molecular formula is C15H12BrFN2O. The Morgan fingerprint density at radius 2 is 1.95 bits per heavy atom. The van der Waals surface area contributed by atoms with E-state index in [1.807, 2.05) is 18.2 Å². The molecule has 0 saturated carbocycles. The van der Waals surface area contributed by atoms with Gasteiger partial charge in [0.05, 0.1) is 12.6 Å². The third kappa shape index (κ3) is 2.46. The van der Waals surface area contributed by atoms with Crippen LogP contribution in [0.3, 0.4) is 0 Å². The minimum atomic E-state index is -0.359. The lowest BCUT2D eigenvalue weighted by molar-refractivity contribution is -0.115. The largest absolute Gasteiger partial charge is 0.325 e. The van der Waals surface area contributed by atoms with Crippen molar-refractivity contribution >= 4 is 27.5 Å². The zero-order chi connectivity index (χ0) is 14.1. The maximum Gasteiger partial charge on any atom is 0.238 e. The molecule has 1 aliphatic heterocycles. The Hall–Kier alpha value is -1.72. The predicted octanol–water partition coefficient (Wildman–Crippen LogP) is 3.22. The summed E-state index contributed by atoms with van der Waals surface area (Å²) in [4.78, 5) is 11.7. The maximum atomic E-state index is 14.0. The molecule has 1 amide bonds. The molecule has 102 valence electrons. The zero-order valence-electron chi connectivity index (χ0n) is 10.5. The molecule has 0 radical (unpaired) electrons. The first-order valence-corrected chi connectivity index (χ1v) is 7.01. The summed E-state index contributed by atoms with van der Waals surface area (Å²) in [6.45, 7) is 0.144. The van der Waals surface area contributed by atoms with Gasteiger partial charge in [-0.3, -0.25) is 10.1 Å². The number of rotatable bonds is 1. The molecule has 1 aliphatic rings. The Kier molecular flexibility index (Phi) is 3.54. The summed E-state index contributed by atoms with van der Waals surface area (Å²) in [5.41, 5.74) is 2.08.